The van der Waals surface area contributed by atoms with E-state index in [1.807, 2.05) is 0 Å². The molecule has 0 saturated carbocycles. The van der Waals surface area contributed by atoms with Gasteiger partial charge < -0.3 is 4.57 Å². The van der Waals surface area contributed by atoms with Gasteiger partial charge in [0.1, 0.15) is 0 Å². The molecule has 1 aromatic heterocycles. The summed E-state index contributed by atoms with van der Waals surface area (Å²) in [7, 11) is 0. The molecule has 0 amide bonds. The van der Waals surface area contributed by atoms with Crippen LogP contribution < -0.4 is 0 Å². The Morgan fingerprint density at radius 1 is 0.302 bits per heavy atom. The van der Waals surface area contributed by atoms with Gasteiger partial charge >= 0.3 is 0 Å². The van der Waals surface area contributed by atoms with Gasteiger partial charge in [-0.05, 0) is 136 Å². The van der Waals surface area contributed by atoms with Crippen LogP contribution in [0.5, 0.6) is 0 Å². The van der Waals surface area contributed by atoms with Crippen LogP contribution in [0.2, 0.25) is 0 Å². The first-order valence-electron chi connectivity index (χ1n) is 22.1. The second kappa shape index (κ2) is 14.3. The Morgan fingerprint density at radius 2 is 0.778 bits per heavy atom. The molecule has 63 heavy (non-hydrogen) atoms. The summed E-state index contributed by atoms with van der Waals surface area (Å²) in [6.07, 6.45) is 1.01. The van der Waals surface area contributed by atoms with Crippen molar-refractivity contribution < 1.29 is 0 Å². The minimum absolute atomic E-state index is 0.325. The summed E-state index contributed by atoms with van der Waals surface area (Å²) in [5.74, 6) is 0.325. The molecule has 1 unspecified atom stereocenters. The van der Waals surface area contributed by atoms with Crippen molar-refractivity contribution in [2.45, 2.75) is 12.3 Å². The van der Waals surface area contributed by atoms with Crippen molar-refractivity contribution in [2.75, 3.05) is 0 Å². The van der Waals surface area contributed by atoms with Crippen LogP contribution in [0.3, 0.4) is 0 Å². The molecular formula is C62H41N. The summed E-state index contributed by atoms with van der Waals surface area (Å²) in [4.78, 5) is 0. The Morgan fingerprint density at radius 3 is 1.48 bits per heavy atom. The topological polar surface area (TPSA) is 4.93 Å². The minimum atomic E-state index is 0.325. The van der Waals surface area contributed by atoms with E-state index < -0.39 is 0 Å². The maximum absolute atomic E-state index is 2.44. The molecular weight excluding hydrogens is 759 g/mol. The Labute approximate surface area is 366 Å². The van der Waals surface area contributed by atoms with E-state index in [1.54, 1.807) is 0 Å². The number of aromatic nitrogens is 1. The first-order valence-corrected chi connectivity index (χ1v) is 22.1. The predicted molar refractivity (Wildman–Crippen MR) is 267 cm³/mol. The number of para-hydroxylation sites is 1. The maximum Gasteiger partial charge on any atom is 0.0547 e. The van der Waals surface area contributed by atoms with Crippen molar-refractivity contribution in [1.29, 1.82) is 0 Å². The fourth-order valence-corrected chi connectivity index (χ4v) is 10.7. The molecule has 0 saturated heterocycles. The summed E-state index contributed by atoms with van der Waals surface area (Å²) in [6, 6.07) is 85.6. The number of benzene rings is 11. The van der Waals surface area contributed by atoms with E-state index in [-0.39, 0.29) is 0 Å². The number of rotatable bonds is 5. The van der Waals surface area contributed by atoms with Gasteiger partial charge in [-0.15, -0.1) is 0 Å². The molecule has 0 radical (unpaired) electrons. The molecule has 0 spiro atoms. The molecule has 11 aromatic carbocycles. The molecule has 0 aliphatic heterocycles. The molecule has 1 aliphatic rings. The summed E-state index contributed by atoms with van der Waals surface area (Å²) >= 11 is 0. The largest absolute Gasteiger partial charge is 0.309 e. The quantitative estimate of drug-likeness (QED) is 0.153. The van der Waals surface area contributed by atoms with Crippen LogP contribution in [0, 0.1) is 0 Å². The summed E-state index contributed by atoms with van der Waals surface area (Å²) in [5, 5.41) is 10.3. The van der Waals surface area contributed by atoms with Crippen LogP contribution in [-0.2, 0) is 6.42 Å². The van der Waals surface area contributed by atoms with E-state index in [4.69, 9.17) is 0 Å². The third-order valence-corrected chi connectivity index (χ3v) is 13.8. The fourth-order valence-electron chi connectivity index (χ4n) is 10.7. The van der Waals surface area contributed by atoms with Gasteiger partial charge in [0.25, 0.3) is 0 Å². The summed E-state index contributed by atoms with van der Waals surface area (Å²) < 4.78 is 2.43. The number of fused-ring (bicyclic) bond motifs is 12. The smallest absolute Gasteiger partial charge is 0.0547 e. The zero-order valence-corrected chi connectivity index (χ0v) is 34.7. The molecule has 1 heterocycles. The van der Waals surface area contributed by atoms with Crippen molar-refractivity contribution >= 4 is 54.1 Å². The second-order valence-corrected chi connectivity index (χ2v) is 17.2. The van der Waals surface area contributed by atoms with Gasteiger partial charge in [0.15, 0.2) is 0 Å². The Bertz CT molecular complexity index is 3710. The van der Waals surface area contributed by atoms with Crippen LogP contribution in [0.1, 0.15) is 22.6 Å². The number of hydrogen-bond donors (Lipinski definition) is 0. The Balaban J connectivity index is 0.860. The fraction of sp³-hybridized carbons (Fsp3) is 0.0323. The van der Waals surface area contributed by atoms with Crippen LogP contribution >= 0.6 is 0 Å². The molecule has 12 aromatic rings. The highest BCUT2D eigenvalue weighted by Crippen LogP contribution is 2.45. The van der Waals surface area contributed by atoms with E-state index >= 15 is 0 Å². The Hall–Kier alpha value is -8.00. The zero-order valence-electron chi connectivity index (χ0n) is 34.7. The lowest BCUT2D eigenvalue weighted by atomic mass is 9.75. The highest BCUT2D eigenvalue weighted by atomic mass is 15.0. The Kier molecular flexibility index (Phi) is 8.11. The monoisotopic (exact) mass is 799 g/mol. The zero-order chi connectivity index (χ0) is 41.4. The first kappa shape index (κ1) is 35.7. The number of nitrogens with zero attached hydrogens (tertiary/aromatic N) is 1. The molecule has 1 nitrogen and oxygen atoms in total. The average Bonchev–Trinajstić information content (AvgIpc) is 3.70. The van der Waals surface area contributed by atoms with Crippen LogP contribution in [0.4, 0.5) is 0 Å². The van der Waals surface area contributed by atoms with E-state index in [2.05, 4.69) is 235 Å². The third kappa shape index (κ3) is 5.78. The highest BCUT2D eigenvalue weighted by Gasteiger charge is 2.26. The van der Waals surface area contributed by atoms with Crippen molar-refractivity contribution in [3.8, 4) is 50.2 Å². The van der Waals surface area contributed by atoms with Gasteiger partial charge in [0.2, 0.25) is 0 Å². The second-order valence-electron chi connectivity index (χ2n) is 17.2. The highest BCUT2D eigenvalue weighted by molar-refractivity contribution is 6.25. The SMILES string of the molecule is c1ccc(C2Cc3ccccc3-c3ccc(-c4ccc(-c5ccc6c7ccccc7n(-c7ccc(-c8ccc9c%10ccccc%10c%10ccccc%10c9c8)cc7)c6c5)cc4)cc32)cc1. The van der Waals surface area contributed by atoms with Crippen LogP contribution in [0.15, 0.2) is 231 Å². The summed E-state index contributed by atoms with van der Waals surface area (Å²) in [5.41, 5.74) is 17.8. The average molecular weight is 800 g/mol. The molecule has 1 atom stereocenters. The lowest BCUT2D eigenvalue weighted by molar-refractivity contribution is 0.794. The van der Waals surface area contributed by atoms with Gasteiger partial charge in [0, 0.05) is 22.4 Å². The van der Waals surface area contributed by atoms with Gasteiger partial charge in [-0.3, -0.25) is 0 Å². The van der Waals surface area contributed by atoms with Crippen LogP contribution in [0.25, 0.3) is 104 Å². The van der Waals surface area contributed by atoms with E-state index in [1.165, 1.54) is 115 Å². The predicted octanol–water partition coefficient (Wildman–Crippen LogP) is 16.6. The molecule has 294 valence electrons. The van der Waals surface area contributed by atoms with E-state index in [0.717, 1.165) is 12.1 Å². The standard InChI is InChI=1S/C62H41N/c1-2-12-43(13-3-1)58-38-47-14-4-5-15-49(47)54-33-28-45(37-60(54)58)40-22-24-41(25-23-40)46-30-35-57-56-20-10-11-21-61(56)63(62(57)39-46)48-31-26-42(27-32-48)44-29-34-55-52-18-7-6-16-50(52)51-17-8-9-19-53(51)59(55)36-44/h1-37,39,58H,38H2. The van der Waals surface area contributed by atoms with Crippen molar-refractivity contribution in [2.24, 2.45) is 0 Å². The third-order valence-electron chi connectivity index (χ3n) is 13.8. The summed E-state index contributed by atoms with van der Waals surface area (Å²) in [6.45, 7) is 0. The van der Waals surface area contributed by atoms with Crippen LogP contribution in [-0.4, -0.2) is 4.57 Å². The molecule has 1 heteroatoms. The first-order chi connectivity index (χ1) is 31.2. The maximum atomic E-state index is 2.44. The molecule has 1 aliphatic carbocycles. The van der Waals surface area contributed by atoms with Gasteiger partial charge in [-0.2, -0.15) is 0 Å². The van der Waals surface area contributed by atoms with E-state index in [0.29, 0.717) is 5.92 Å². The lowest BCUT2D eigenvalue weighted by Crippen LogP contribution is -2.12. The van der Waals surface area contributed by atoms with Crippen molar-refractivity contribution in [3.05, 3.63) is 247 Å². The normalized spacial score (nSPS) is 13.5. The van der Waals surface area contributed by atoms with Gasteiger partial charge in [-0.25, -0.2) is 0 Å². The minimum Gasteiger partial charge on any atom is -0.309 e. The van der Waals surface area contributed by atoms with Gasteiger partial charge in [0.05, 0.1) is 11.0 Å². The molecule has 0 fully saturated rings. The number of hydrogen-bond acceptors (Lipinski definition) is 0. The van der Waals surface area contributed by atoms with Crippen molar-refractivity contribution in [1.82, 2.24) is 4.57 Å². The van der Waals surface area contributed by atoms with Gasteiger partial charge in [-0.1, -0.05) is 194 Å². The molecule has 0 bridgehead atoms. The molecule has 13 rings (SSSR count). The lowest BCUT2D eigenvalue weighted by Gasteiger charge is -2.29. The van der Waals surface area contributed by atoms with E-state index in [9.17, 15) is 0 Å². The molecule has 0 N–H and O–H groups in total. The van der Waals surface area contributed by atoms with Crippen molar-refractivity contribution in [3.63, 3.8) is 0 Å².